The second-order valence-corrected chi connectivity index (χ2v) is 10.5. The topological polar surface area (TPSA) is 77.1 Å². The summed E-state index contributed by atoms with van der Waals surface area (Å²) in [5.74, 6) is -1.69. The number of ether oxygens (including phenoxy) is 2. The van der Waals surface area contributed by atoms with E-state index in [4.69, 9.17) is 9.47 Å². The van der Waals surface area contributed by atoms with Crippen LogP contribution in [0.2, 0.25) is 0 Å². The lowest BCUT2D eigenvalue weighted by molar-refractivity contribution is -0.149. The monoisotopic (exact) mass is 535 g/mol. The van der Waals surface area contributed by atoms with Crippen LogP contribution in [0.4, 0.5) is 13.2 Å². The molecule has 9 heteroatoms. The third-order valence-corrected chi connectivity index (χ3v) is 8.14. The quantitative estimate of drug-likeness (QED) is 0.348. The zero-order valence-electron chi connectivity index (χ0n) is 21.5. The van der Waals surface area contributed by atoms with Gasteiger partial charge in [-0.2, -0.15) is 10.4 Å². The zero-order valence-corrected chi connectivity index (χ0v) is 21.5. The predicted molar refractivity (Wildman–Crippen MR) is 136 cm³/mol. The van der Waals surface area contributed by atoms with Crippen molar-refractivity contribution in [3.05, 3.63) is 75.7 Å². The highest BCUT2D eigenvalue weighted by atomic mass is 19.1. The molecule has 1 aromatic heterocycles. The van der Waals surface area contributed by atoms with Crippen LogP contribution >= 0.6 is 0 Å². The Bertz CT molecular complexity index is 1470. The number of carbonyl (C=O) groups is 1. The molecule has 1 fully saturated rings. The SMILES string of the molecule is CC(=O)O[C@H]1c2c(-c3ccnn3C3CCCCO3)ccc([C@H]3CC[C@H](F)c4cc(F)cc(C#N)c43)c2C[C@H]1F. The number of halogens is 3. The number of nitrogens with zero attached hydrogens (tertiary/aromatic N) is 3. The third-order valence-electron chi connectivity index (χ3n) is 8.14. The van der Waals surface area contributed by atoms with Gasteiger partial charge < -0.3 is 9.47 Å². The average Bonchev–Trinajstić information content (AvgIpc) is 3.54. The van der Waals surface area contributed by atoms with E-state index in [2.05, 4.69) is 5.10 Å². The van der Waals surface area contributed by atoms with Crippen molar-refractivity contribution in [1.29, 1.82) is 5.26 Å². The van der Waals surface area contributed by atoms with Crippen molar-refractivity contribution >= 4 is 5.97 Å². The van der Waals surface area contributed by atoms with Crippen LogP contribution in [-0.2, 0) is 20.7 Å². The van der Waals surface area contributed by atoms with Gasteiger partial charge in [-0.1, -0.05) is 12.1 Å². The van der Waals surface area contributed by atoms with Crippen LogP contribution in [-0.4, -0.2) is 28.5 Å². The lowest BCUT2D eigenvalue weighted by Gasteiger charge is -2.31. The van der Waals surface area contributed by atoms with Gasteiger partial charge in [-0.15, -0.1) is 0 Å². The summed E-state index contributed by atoms with van der Waals surface area (Å²) in [6.45, 7) is 1.88. The van der Waals surface area contributed by atoms with Gasteiger partial charge in [0.05, 0.1) is 17.3 Å². The van der Waals surface area contributed by atoms with E-state index in [0.29, 0.717) is 35.3 Å². The molecule has 6 rings (SSSR count). The predicted octanol–water partition coefficient (Wildman–Crippen LogP) is 6.69. The van der Waals surface area contributed by atoms with Gasteiger partial charge in [-0.25, -0.2) is 17.9 Å². The normalized spacial score (nSPS) is 26.0. The molecule has 6 nitrogen and oxygen atoms in total. The van der Waals surface area contributed by atoms with Gasteiger partial charge in [0.2, 0.25) is 0 Å². The molecule has 1 saturated heterocycles. The number of hydrogen-bond donors (Lipinski definition) is 0. The van der Waals surface area contributed by atoms with Crippen molar-refractivity contribution in [2.24, 2.45) is 0 Å². The molecule has 5 atom stereocenters. The largest absolute Gasteiger partial charge is 0.454 e. The minimum absolute atomic E-state index is 0.00150. The van der Waals surface area contributed by atoms with E-state index in [1.54, 1.807) is 10.9 Å². The van der Waals surface area contributed by atoms with Crippen LogP contribution in [0.25, 0.3) is 11.3 Å². The first kappa shape index (κ1) is 25.6. The summed E-state index contributed by atoms with van der Waals surface area (Å²) in [4.78, 5) is 12.0. The van der Waals surface area contributed by atoms with Crippen molar-refractivity contribution in [2.75, 3.05) is 6.61 Å². The van der Waals surface area contributed by atoms with Crippen LogP contribution in [0.5, 0.6) is 0 Å². The van der Waals surface area contributed by atoms with Crippen molar-refractivity contribution in [1.82, 2.24) is 9.78 Å². The summed E-state index contributed by atoms with van der Waals surface area (Å²) in [6, 6.07) is 9.89. The molecule has 2 aromatic carbocycles. The van der Waals surface area contributed by atoms with Gasteiger partial charge in [0.1, 0.15) is 18.2 Å². The molecule has 3 aliphatic rings. The van der Waals surface area contributed by atoms with Gasteiger partial charge in [0, 0.05) is 43.2 Å². The smallest absolute Gasteiger partial charge is 0.303 e. The molecule has 0 saturated carbocycles. The van der Waals surface area contributed by atoms with Crippen LogP contribution in [0, 0.1) is 17.1 Å². The summed E-state index contributed by atoms with van der Waals surface area (Å²) in [5.41, 5.74) is 4.06. The van der Waals surface area contributed by atoms with E-state index >= 15 is 4.39 Å². The van der Waals surface area contributed by atoms with Crippen molar-refractivity contribution in [2.45, 2.75) is 76.0 Å². The molecular formula is C30H28F3N3O3. The van der Waals surface area contributed by atoms with Crippen LogP contribution in [0.15, 0.2) is 36.5 Å². The molecule has 0 amide bonds. The Balaban J connectivity index is 1.54. The minimum atomic E-state index is -1.48. The molecule has 1 unspecified atom stereocenters. The number of fused-ring (bicyclic) bond motifs is 2. The second-order valence-electron chi connectivity index (χ2n) is 10.5. The first-order valence-corrected chi connectivity index (χ1v) is 13.4. The first-order chi connectivity index (χ1) is 18.9. The van der Waals surface area contributed by atoms with Crippen LogP contribution in [0.3, 0.4) is 0 Å². The Labute approximate surface area is 224 Å². The Kier molecular flexibility index (Phi) is 6.67. The maximum atomic E-state index is 15.6. The summed E-state index contributed by atoms with van der Waals surface area (Å²) >= 11 is 0. The second kappa shape index (κ2) is 10.2. The van der Waals surface area contributed by atoms with E-state index < -0.39 is 36.2 Å². The fourth-order valence-electron chi connectivity index (χ4n) is 6.56. The molecular weight excluding hydrogens is 507 g/mol. The summed E-state index contributed by atoms with van der Waals surface area (Å²) < 4.78 is 58.1. The highest BCUT2D eigenvalue weighted by Gasteiger charge is 2.42. The maximum absolute atomic E-state index is 15.6. The first-order valence-electron chi connectivity index (χ1n) is 13.4. The minimum Gasteiger partial charge on any atom is -0.454 e. The fourth-order valence-corrected chi connectivity index (χ4v) is 6.56. The molecule has 1 aliphatic heterocycles. The van der Waals surface area contributed by atoms with E-state index in [1.165, 1.54) is 6.92 Å². The molecule has 202 valence electrons. The molecule has 0 spiro atoms. The lowest BCUT2D eigenvalue weighted by Crippen LogP contribution is -2.21. The van der Waals surface area contributed by atoms with Crippen LogP contribution in [0.1, 0.15) is 96.8 Å². The third kappa shape index (κ3) is 4.41. The number of alkyl halides is 2. The Morgan fingerprint density at radius 2 is 1.97 bits per heavy atom. The number of rotatable bonds is 4. The van der Waals surface area contributed by atoms with Gasteiger partial charge >= 0.3 is 5.97 Å². The molecule has 3 aromatic rings. The van der Waals surface area contributed by atoms with E-state index in [-0.39, 0.29) is 30.2 Å². The number of carbonyl (C=O) groups excluding carboxylic acids is 1. The molecule has 0 bridgehead atoms. The van der Waals surface area contributed by atoms with Gasteiger partial charge in [-0.3, -0.25) is 4.79 Å². The summed E-state index contributed by atoms with van der Waals surface area (Å²) in [7, 11) is 0. The molecule has 2 aliphatic carbocycles. The summed E-state index contributed by atoms with van der Waals surface area (Å²) in [6.07, 6.45) is 0.730. The fraction of sp³-hybridized carbons (Fsp3) is 0.433. The Morgan fingerprint density at radius 1 is 1.13 bits per heavy atom. The number of esters is 1. The number of nitriles is 1. The number of benzene rings is 2. The lowest BCUT2D eigenvalue weighted by atomic mass is 9.74. The van der Waals surface area contributed by atoms with E-state index in [0.717, 1.165) is 42.7 Å². The van der Waals surface area contributed by atoms with Gasteiger partial charge in [0.25, 0.3) is 0 Å². The summed E-state index contributed by atoms with van der Waals surface area (Å²) in [5, 5.41) is 14.3. The van der Waals surface area contributed by atoms with Crippen molar-refractivity contribution < 1.29 is 27.4 Å². The Hall–Kier alpha value is -3.64. The van der Waals surface area contributed by atoms with Crippen LogP contribution < -0.4 is 0 Å². The highest BCUT2D eigenvalue weighted by molar-refractivity contribution is 5.72. The van der Waals surface area contributed by atoms with Crippen molar-refractivity contribution in [3.8, 4) is 17.3 Å². The molecule has 39 heavy (non-hydrogen) atoms. The molecule has 0 N–H and O–H groups in total. The Morgan fingerprint density at radius 3 is 2.72 bits per heavy atom. The highest BCUT2D eigenvalue weighted by Crippen LogP contribution is 2.51. The number of hydrogen-bond acceptors (Lipinski definition) is 5. The molecule has 2 heterocycles. The zero-order chi connectivity index (χ0) is 27.3. The standard InChI is InChI=1S/C30H28F3N3O3/c1-16(37)39-30-25(33)14-22-19(20-7-8-24(32)23-13-18(31)12-17(15-34)28(20)23)5-6-21(29(22)30)26-9-10-35-36(26)27-4-2-3-11-38-27/h5-6,9-10,12-13,20,24-25,27,30H,2-4,7-8,11,14H2,1H3/t20-,24+,25-,27?,30-/m1/s1. The average molecular weight is 536 g/mol. The van der Waals surface area contributed by atoms with Gasteiger partial charge in [0.15, 0.2) is 12.3 Å². The van der Waals surface area contributed by atoms with Gasteiger partial charge in [-0.05, 0) is 72.6 Å². The number of aromatic nitrogens is 2. The van der Waals surface area contributed by atoms with Crippen molar-refractivity contribution in [3.63, 3.8) is 0 Å². The van der Waals surface area contributed by atoms with E-state index in [9.17, 15) is 18.8 Å². The molecule has 0 radical (unpaired) electrons. The van der Waals surface area contributed by atoms with E-state index in [1.807, 2.05) is 24.3 Å². The maximum Gasteiger partial charge on any atom is 0.303 e.